The number of hydrogen-bond acceptors (Lipinski definition) is 5. The number of rotatable bonds is 7. The summed E-state index contributed by atoms with van der Waals surface area (Å²) in [5.74, 6) is -0.312. The molecule has 9 heteroatoms. The van der Waals surface area contributed by atoms with E-state index in [0.717, 1.165) is 49.9 Å². The third-order valence-corrected chi connectivity index (χ3v) is 6.43. The van der Waals surface area contributed by atoms with Crippen molar-refractivity contribution in [2.45, 2.75) is 63.6 Å². The number of para-hydroxylation sites is 1. The van der Waals surface area contributed by atoms with Gasteiger partial charge in [-0.1, -0.05) is 18.2 Å². The van der Waals surface area contributed by atoms with Crippen LogP contribution in [-0.2, 0) is 0 Å². The number of carbonyl (C=O) groups excluding carboxylic acids is 2. The van der Waals surface area contributed by atoms with Crippen molar-refractivity contribution in [3.05, 3.63) is 59.5 Å². The standard InChI is InChI=1S/C24H28N6O3/c1-15-20(13-26-30(15)18-5-3-2-4-6-18)23(32)27-16-7-11-19(12-8-16)33-24-21(22(25)31)14-29(28-24)17-9-10-17/h2-6,13-14,16-17,19H,7-12H2,1H3,(H2,25,31)(H,27,32)/t16-,19-. The third kappa shape index (κ3) is 4.48. The van der Waals surface area contributed by atoms with Crippen LogP contribution in [0.1, 0.15) is 71.0 Å². The Morgan fingerprint density at radius 1 is 1.06 bits per heavy atom. The summed E-state index contributed by atoms with van der Waals surface area (Å²) in [5, 5.41) is 12.0. The maximum atomic E-state index is 12.9. The lowest BCUT2D eigenvalue weighted by Gasteiger charge is -2.29. The first kappa shape index (κ1) is 21.2. The molecule has 1 aromatic carbocycles. The minimum atomic E-state index is -0.524. The second-order valence-corrected chi connectivity index (χ2v) is 8.88. The molecule has 9 nitrogen and oxygen atoms in total. The maximum Gasteiger partial charge on any atom is 0.255 e. The molecule has 0 radical (unpaired) electrons. The van der Waals surface area contributed by atoms with Crippen molar-refractivity contribution in [1.29, 1.82) is 0 Å². The fourth-order valence-electron chi connectivity index (χ4n) is 4.37. The number of benzene rings is 1. The van der Waals surface area contributed by atoms with Crippen molar-refractivity contribution in [1.82, 2.24) is 24.9 Å². The van der Waals surface area contributed by atoms with Gasteiger partial charge < -0.3 is 15.8 Å². The smallest absolute Gasteiger partial charge is 0.255 e. The highest BCUT2D eigenvalue weighted by Gasteiger charge is 2.30. The van der Waals surface area contributed by atoms with Crippen LogP contribution in [0.25, 0.3) is 5.69 Å². The molecule has 0 aliphatic heterocycles. The van der Waals surface area contributed by atoms with Gasteiger partial charge in [0.15, 0.2) is 0 Å². The maximum absolute atomic E-state index is 12.9. The van der Waals surface area contributed by atoms with Gasteiger partial charge in [-0.3, -0.25) is 14.3 Å². The third-order valence-electron chi connectivity index (χ3n) is 6.43. The highest BCUT2D eigenvalue weighted by atomic mass is 16.5. The Labute approximate surface area is 191 Å². The molecule has 2 heterocycles. The normalized spacial score (nSPS) is 20.4. The topological polar surface area (TPSA) is 117 Å². The van der Waals surface area contributed by atoms with Crippen molar-refractivity contribution < 1.29 is 14.3 Å². The van der Waals surface area contributed by atoms with Gasteiger partial charge in [0.25, 0.3) is 11.8 Å². The predicted molar refractivity (Wildman–Crippen MR) is 121 cm³/mol. The summed E-state index contributed by atoms with van der Waals surface area (Å²) >= 11 is 0. The van der Waals surface area contributed by atoms with Gasteiger partial charge in [0.1, 0.15) is 11.7 Å². The summed E-state index contributed by atoms with van der Waals surface area (Å²) in [5.41, 5.74) is 8.15. The van der Waals surface area contributed by atoms with Crippen molar-refractivity contribution in [3.8, 4) is 11.6 Å². The minimum absolute atomic E-state index is 0.0543. The molecule has 2 aliphatic carbocycles. The quantitative estimate of drug-likeness (QED) is 0.576. The van der Waals surface area contributed by atoms with Crippen LogP contribution in [0.15, 0.2) is 42.7 Å². The van der Waals surface area contributed by atoms with E-state index in [1.54, 1.807) is 21.8 Å². The van der Waals surface area contributed by atoms with Gasteiger partial charge >= 0.3 is 0 Å². The van der Waals surface area contributed by atoms with Gasteiger partial charge in [-0.2, -0.15) is 5.10 Å². The number of hydrogen-bond donors (Lipinski definition) is 2. The average Bonchev–Trinajstić information content (AvgIpc) is 3.46. The van der Waals surface area contributed by atoms with Crippen molar-refractivity contribution in [3.63, 3.8) is 0 Å². The second kappa shape index (κ2) is 8.73. The lowest BCUT2D eigenvalue weighted by molar-refractivity contribution is 0.0880. The van der Waals surface area contributed by atoms with Crippen LogP contribution in [-0.4, -0.2) is 43.5 Å². The summed E-state index contributed by atoms with van der Waals surface area (Å²) in [6.07, 6.45) is 8.49. The molecule has 0 bridgehead atoms. The van der Waals surface area contributed by atoms with E-state index in [9.17, 15) is 9.59 Å². The van der Waals surface area contributed by atoms with Crippen LogP contribution >= 0.6 is 0 Å². The van der Waals surface area contributed by atoms with Gasteiger partial charge in [-0.05, 0) is 57.6 Å². The molecule has 0 unspecified atom stereocenters. The lowest BCUT2D eigenvalue weighted by Crippen LogP contribution is -2.40. The first-order valence-electron chi connectivity index (χ1n) is 11.5. The Bertz CT molecular complexity index is 1160. The number of amides is 2. The zero-order chi connectivity index (χ0) is 22.9. The van der Waals surface area contributed by atoms with Gasteiger partial charge in [0.05, 0.1) is 29.2 Å². The van der Waals surface area contributed by atoms with E-state index in [1.807, 2.05) is 37.3 Å². The number of nitrogens with one attached hydrogen (secondary N) is 1. The van der Waals surface area contributed by atoms with Crippen molar-refractivity contribution in [2.24, 2.45) is 5.73 Å². The molecule has 2 amide bonds. The van der Waals surface area contributed by atoms with E-state index >= 15 is 0 Å². The molecule has 0 saturated heterocycles. The first-order valence-corrected chi connectivity index (χ1v) is 11.5. The molecule has 5 rings (SSSR count). The summed E-state index contributed by atoms with van der Waals surface area (Å²) in [4.78, 5) is 24.7. The molecule has 2 saturated carbocycles. The molecule has 2 aromatic heterocycles. The lowest BCUT2D eigenvalue weighted by atomic mass is 9.92. The number of aromatic nitrogens is 4. The molecule has 33 heavy (non-hydrogen) atoms. The van der Waals surface area contributed by atoms with E-state index in [-0.39, 0.29) is 18.1 Å². The molecular weight excluding hydrogens is 420 g/mol. The summed E-state index contributed by atoms with van der Waals surface area (Å²) in [7, 11) is 0. The Kier molecular flexibility index (Phi) is 5.62. The average molecular weight is 449 g/mol. The fourth-order valence-corrected chi connectivity index (χ4v) is 4.37. The SMILES string of the molecule is Cc1c(C(=O)N[C@H]2CC[C@H](Oc3nn(C4CC4)cc3C(N)=O)CC2)cnn1-c1ccccc1. The van der Waals surface area contributed by atoms with Gasteiger partial charge in [0, 0.05) is 12.2 Å². The van der Waals surface area contributed by atoms with Crippen LogP contribution in [0.2, 0.25) is 0 Å². The summed E-state index contributed by atoms with van der Waals surface area (Å²) in [6.45, 7) is 1.90. The molecule has 0 spiro atoms. The second-order valence-electron chi connectivity index (χ2n) is 8.88. The summed E-state index contributed by atoms with van der Waals surface area (Å²) in [6, 6.07) is 10.2. The monoisotopic (exact) mass is 448 g/mol. The number of nitrogens with zero attached hydrogens (tertiary/aromatic N) is 4. The van der Waals surface area contributed by atoms with Crippen LogP contribution in [0, 0.1) is 6.92 Å². The molecule has 0 atom stereocenters. The number of nitrogens with two attached hydrogens (primary N) is 1. The van der Waals surface area contributed by atoms with Crippen LogP contribution in [0.4, 0.5) is 0 Å². The van der Waals surface area contributed by atoms with E-state index in [4.69, 9.17) is 10.5 Å². The zero-order valence-corrected chi connectivity index (χ0v) is 18.6. The predicted octanol–water partition coefficient (Wildman–Crippen LogP) is 2.93. The molecule has 2 aliphatic rings. The van der Waals surface area contributed by atoms with E-state index in [1.165, 1.54) is 0 Å². The Morgan fingerprint density at radius 3 is 2.45 bits per heavy atom. The molecular formula is C24H28N6O3. The molecule has 3 aromatic rings. The van der Waals surface area contributed by atoms with Crippen molar-refractivity contribution in [2.75, 3.05) is 0 Å². The van der Waals surface area contributed by atoms with Gasteiger partial charge in [-0.25, -0.2) is 4.68 Å². The van der Waals surface area contributed by atoms with Crippen molar-refractivity contribution >= 4 is 11.8 Å². The fraction of sp³-hybridized carbons (Fsp3) is 0.417. The van der Waals surface area contributed by atoms with Gasteiger partial charge in [-0.15, -0.1) is 5.10 Å². The number of ether oxygens (including phenoxy) is 1. The Hall–Kier alpha value is -3.62. The minimum Gasteiger partial charge on any atom is -0.473 e. The Morgan fingerprint density at radius 2 is 1.79 bits per heavy atom. The van der Waals surface area contributed by atoms with Gasteiger partial charge in [0.2, 0.25) is 5.88 Å². The first-order chi connectivity index (χ1) is 16.0. The molecule has 3 N–H and O–H groups in total. The number of carbonyl (C=O) groups is 2. The van der Waals surface area contributed by atoms with E-state index in [0.29, 0.717) is 23.0 Å². The molecule has 2 fully saturated rings. The highest BCUT2D eigenvalue weighted by Crippen LogP contribution is 2.36. The zero-order valence-electron chi connectivity index (χ0n) is 18.6. The number of primary amides is 1. The highest BCUT2D eigenvalue weighted by molar-refractivity contribution is 5.95. The summed E-state index contributed by atoms with van der Waals surface area (Å²) < 4.78 is 9.62. The molecule has 172 valence electrons. The van der Waals surface area contributed by atoms with Crippen LogP contribution in [0.3, 0.4) is 0 Å². The van der Waals surface area contributed by atoms with E-state index in [2.05, 4.69) is 15.5 Å². The largest absolute Gasteiger partial charge is 0.473 e. The Balaban J connectivity index is 1.17. The van der Waals surface area contributed by atoms with Crippen LogP contribution in [0.5, 0.6) is 5.88 Å². The van der Waals surface area contributed by atoms with Crippen LogP contribution < -0.4 is 15.8 Å². The van der Waals surface area contributed by atoms with E-state index < -0.39 is 5.91 Å².